The Balaban J connectivity index is 1.87. The molecule has 0 bridgehead atoms. The van der Waals surface area contributed by atoms with Gasteiger partial charge >= 0.3 is 6.03 Å². The van der Waals surface area contributed by atoms with Crippen LogP contribution < -0.4 is 10.6 Å². The number of hydrogen-bond donors (Lipinski definition) is 2. The average molecular weight is 338 g/mol. The third-order valence-electron chi connectivity index (χ3n) is 4.45. The number of nitrogens with one attached hydrogen (secondary N) is 2. The van der Waals surface area contributed by atoms with Crippen LogP contribution in [0.4, 0.5) is 10.5 Å². The van der Waals surface area contributed by atoms with Gasteiger partial charge in [-0.1, -0.05) is 38.2 Å². The van der Waals surface area contributed by atoms with Gasteiger partial charge in [-0.25, -0.2) is 13.2 Å². The monoisotopic (exact) mass is 338 g/mol. The molecule has 1 fully saturated rings. The van der Waals surface area contributed by atoms with Crippen molar-refractivity contribution in [1.82, 2.24) is 5.32 Å². The van der Waals surface area contributed by atoms with Gasteiger partial charge in [0.05, 0.1) is 4.90 Å². The summed E-state index contributed by atoms with van der Waals surface area (Å²) in [6.07, 6.45) is 8.63. The van der Waals surface area contributed by atoms with Gasteiger partial charge in [-0.05, 0) is 37.0 Å². The molecule has 1 aliphatic carbocycles. The Bertz CT molecular complexity index is 650. The summed E-state index contributed by atoms with van der Waals surface area (Å²) in [5, 5.41) is 5.61. The molecule has 2 rings (SSSR count). The second-order valence-corrected chi connectivity index (χ2v) is 8.44. The molecule has 5 nitrogen and oxygen atoms in total. The Morgan fingerprint density at radius 1 is 1.22 bits per heavy atom. The van der Waals surface area contributed by atoms with E-state index in [2.05, 4.69) is 10.6 Å². The summed E-state index contributed by atoms with van der Waals surface area (Å²) in [5.74, 6) is 0.722. The van der Waals surface area contributed by atoms with Crippen molar-refractivity contribution in [2.24, 2.45) is 5.92 Å². The van der Waals surface area contributed by atoms with Crippen LogP contribution in [0.5, 0.6) is 0 Å². The number of urea groups is 1. The van der Waals surface area contributed by atoms with E-state index in [9.17, 15) is 13.2 Å². The lowest BCUT2D eigenvalue weighted by Crippen LogP contribution is -2.31. The first kappa shape index (κ1) is 17.8. The van der Waals surface area contributed by atoms with Gasteiger partial charge in [0.2, 0.25) is 0 Å². The molecule has 6 heteroatoms. The van der Waals surface area contributed by atoms with E-state index < -0.39 is 9.84 Å². The predicted molar refractivity (Wildman–Crippen MR) is 92.5 cm³/mol. The third-order valence-corrected chi connectivity index (χ3v) is 5.56. The smallest absolute Gasteiger partial charge is 0.319 e. The maximum absolute atomic E-state index is 12.0. The zero-order valence-electron chi connectivity index (χ0n) is 13.9. The van der Waals surface area contributed by atoms with E-state index in [0.717, 1.165) is 24.2 Å². The van der Waals surface area contributed by atoms with Crippen molar-refractivity contribution >= 4 is 21.6 Å². The quantitative estimate of drug-likeness (QED) is 0.863. The molecule has 1 aromatic rings. The molecule has 0 unspecified atom stereocenters. The van der Waals surface area contributed by atoms with Gasteiger partial charge in [-0.15, -0.1) is 0 Å². The first-order valence-electron chi connectivity index (χ1n) is 8.22. The molecule has 0 aliphatic heterocycles. The van der Waals surface area contributed by atoms with Crippen molar-refractivity contribution in [3.05, 3.63) is 23.8 Å². The second-order valence-electron chi connectivity index (χ2n) is 6.42. The van der Waals surface area contributed by atoms with Gasteiger partial charge in [0.15, 0.2) is 9.84 Å². The molecule has 1 saturated carbocycles. The van der Waals surface area contributed by atoms with Crippen LogP contribution in [0.1, 0.15) is 44.1 Å². The number of rotatable bonds is 5. The zero-order chi connectivity index (χ0) is 16.9. The summed E-state index contributed by atoms with van der Waals surface area (Å²) in [6, 6.07) is 4.48. The highest BCUT2D eigenvalue weighted by Gasteiger charge is 2.14. The molecule has 0 spiro atoms. The molecule has 1 aromatic carbocycles. The van der Waals surface area contributed by atoms with Crippen molar-refractivity contribution in [2.75, 3.05) is 18.1 Å². The Hall–Kier alpha value is -1.56. The van der Waals surface area contributed by atoms with Gasteiger partial charge in [-0.3, -0.25) is 0 Å². The van der Waals surface area contributed by atoms with Gasteiger partial charge in [0, 0.05) is 18.5 Å². The van der Waals surface area contributed by atoms with Crippen LogP contribution in [-0.2, 0) is 9.84 Å². The van der Waals surface area contributed by atoms with Crippen molar-refractivity contribution < 1.29 is 13.2 Å². The van der Waals surface area contributed by atoms with E-state index in [1.54, 1.807) is 12.1 Å². The Morgan fingerprint density at radius 2 is 1.91 bits per heavy atom. The lowest BCUT2D eigenvalue weighted by Gasteiger charge is -2.21. The summed E-state index contributed by atoms with van der Waals surface area (Å²) in [4.78, 5) is 12.2. The van der Waals surface area contributed by atoms with Gasteiger partial charge in [-0.2, -0.15) is 0 Å². The molecule has 23 heavy (non-hydrogen) atoms. The lowest BCUT2D eigenvalue weighted by atomic mass is 9.87. The highest BCUT2D eigenvalue weighted by atomic mass is 32.2. The summed E-state index contributed by atoms with van der Waals surface area (Å²) < 4.78 is 23.2. The van der Waals surface area contributed by atoms with Crippen LogP contribution in [0.3, 0.4) is 0 Å². The number of anilines is 1. The first-order chi connectivity index (χ1) is 10.9. The minimum absolute atomic E-state index is 0.209. The van der Waals surface area contributed by atoms with Crippen molar-refractivity contribution in [3.8, 4) is 0 Å². The predicted octanol–water partition coefficient (Wildman–Crippen LogP) is 3.49. The van der Waals surface area contributed by atoms with E-state index in [4.69, 9.17) is 0 Å². The maximum Gasteiger partial charge on any atom is 0.319 e. The number of carbonyl (C=O) groups excluding carboxylic acids is 1. The maximum atomic E-state index is 12.0. The summed E-state index contributed by atoms with van der Waals surface area (Å²) in [5.41, 5.74) is 1.36. The fraction of sp³-hybridized carbons (Fsp3) is 0.588. The Labute approximate surface area is 138 Å². The lowest BCUT2D eigenvalue weighted by molar-refractivity contribution is 0.250. The van der Waals surface area contributed by atoms with E-state index >= 15 is 0 Å². The molecule has 128 valence electrons. The van der Waals surface area contributed by atoms with Crippen LogP contribution in [0.15, 0.2) is 23.1 Å². The second kappa shape index (κ2) is 7.81. The zero-order valence-corrected chi connectivity index (χ0v) is 14.7. The molecule has 2 N–H and O–H groups in total. The van der Waals surface area contributed by atoms with Crippen LogP contribution in [0, 0.1) is 12.8 Å². The molecule has 0 radical (unpaired) electrons. The average Bonchev–Trinajstić information content (AvgIpc) is 2.49. The number of hydrogen-bond acceptors (Lipinski definition) is 3. The Kier molecular flexibility index (Phi) is 6.04. The summed E-state index contributed by atoms with van der Waals surface area (Å²) >= 11 is 0. The van der Waals surface area contributed by atoms with Crippen molar-refractivity contribution in [1.29, 1.82) is 0 Å². The topological polar surface area (TPSA) is 75.3 Å². The van der Waals surface area contributed by atoms with E-state index in [1.165, 1.54) is 38.2 Å². The first-order valence-corrected chi connectivity index (χ1v) is 10.1. The van der Waals surface area contributed by atoms with Gasteiger partial charge in [0.1, 0.15) is 0 Å². The minimum Gasteiger partial charge on any atom is -0.338 e. The molecular formula is C17H26N2O3S. The van der Waals surface area contributed by atoms with Crippen molar-refractivity contribution in [3.63, 3.8) is 0 Å². The molecule has 2 amide bonds. The molecule has 0 atom stereocenters. The summed E-state index contributed by atoms with van der Waals surface area (Å²) in [6.45, 7) is 2.49. The number of carbonyl (C=O) groups is 1. The fourth-order valence-corrected chi connectivity index (χ4v) is 3.65. The molecule has 0 aromatic heterocycles. The van der Waals surface area contributed by atoms with E-state index in [-0.39, 0.29) is 10.9 Å². The fourth-order valence-electron chi connectivity index (χ4n) is 3.00. The van der Waals surface area contributed by atoms with Crippen molar-refractivity contribution in [2.45, 2.75) is 50.3 Å². The Morgan fingerprint density at radius 3 is 2.57 bits per heavy atom. The molecule has 0 saturated heterocycles. The minimum atomic E-state index is -3.28. The summed E-state index contributed by atoms with van der Waals surface area (Å²) in [7, 11) is -3.28. The van der Waals surface area contributed by atoms with E-state index in [1.807, 2.05) is 6.92 Å². The number of benzene rings is 1. The third kappa shape index (κ3) is 5.53. The highest BCUT2D eigenvalue weighted by molar-refractivity contribution is 7.90. The highest BCUT2D eigenvalue weighted by Crippen LogP contribution is 2.25. The van der Waals surface area contributed by atoms with Crippen LogP contribution in [-0.4, -0.2) is 27.2 Å². The normalized spacial score (nSPS) is 16.1. The largest absolute Gasteiger partial charge is 0.338 e. The molecular weight excluding hydrogens is 312 g/mol. The van der Waals surface area contributed by atoms with Crippen LogP contribution in [0.25, 0.3) is 0 Å². The standard InChI is InChI=1S/C17H26N2O3S/c1-13-8-9-15(23(2,21)22)12-16(13)19-17(20)18-11-10-14-6-4-3-5-7-14/h8-9,12,14H,3-7,10-11H2,1-2H3,(H2,18,19,20). The van der Waals surface area contributed by atoms with Crippen LogP contribution in [0.2, 0.25) is 0 Å². The number of sulfone groups is 1. The van der Waals surface area contributed by atoms with Gasteiger partial charge in [0.25, 0.3) is 0 Å². The molecule has 1 aliphatic rings. The number of amides is 2. The van der Waals surface area contributed by atoms with Crippen LogP contribution >= 0.6 is 0 Å². The molecule has 0 heterocycles. The number of aryl methyl sites for hydroxylation is 1. The van der Waals surface area contributed by atoms with Gasteiger partial charge < -0.3 is 10.6 Å². The van der Waals surface area contributed by atoms with E-state index in [0.29, 0.717) is 12.2 Å². The SMILES string of the molecule is Cc1ccc(S(C)(=O)=O)cc1NC(=O)NCCC1CCCCC1.